The van der Waals surface area contributed by atoms with Crippen LogP contribution in [0.4, 0.5) is 0 Å². The van der Waals surface area contributed by atoms with Crippen LogP contribution in [0.1, 0.15) is 39.9 Å². The Morgan fingerprint density at radius 1 is 1.11 bits per heavy atom. The molecule has 5 rings (SSSR count). The van der Waals surface area contributed by atoms with Crippen molar-refractivity contribution in [2.24, 2.45) is 17.6 Å². The Hall–Kier alpha value is -4.26. The largest absolute Gasteiger partial charge is 0.510 e. The second-order valence-corrected chi connectivity index (χ2v) is 10.4. The lowest BCUT2D eigenvalue weighted by atomic mass is 9.59. The fourth-order valence-corrected chi connectivity index (χ4v) is 6.17. The third-order valence-corrected chi connectivity index (χ3v) is 7.90. The van der Waals surface area contributed by atoms with Gasteiger partial charge >= 0.3 is 0 Å². The number of Topliss-reactive ketones (excluding diaryl/α,β-unsaturated/α-hetero) is 1. The molecule has 9 heteroatoms. The van der Waals surface area contributed by atoms with Crippen LogP contribution in [0.3, 0.4) is 0 Å². The summed E-state index contributed by atoms with van der Waals surface area (Å²) in [6, 6.07) is 8.58. The maximum atomic E-state index is 13.7. The average molecular weight is 517 g/mol. The number of ketones is 1. The predicted octanol–water partition coefficient (Wildman–Crippen LogP) is 2.05. The molecule has 0 spiro atoms. The molecule has 0 bridgehead atoms. The maximum absolute atomic E-state index is 13.7. The summed E-state index contributed by atoms with van der Waals surface area (Å²) >= 11 is 0. The van der Waals surface area contributed by atoms with Crippen molar-refractivity contribution in [1.82, 2.24) is 4.90 Å². The summed E-state index contributed by atoms with van der Waals surface area (Å²) in [6.07, 6.45) is 0.0285. The Morgan fingerprint density at radius 2 is 1.84 bits per heavy atom. The molecule has 3 aliphatic carbocycles. The van der Waals surface area contributed by atoms with Gasteiger partial charge in [0, 0.05) is 29.0 Å². The molecule has 4 atom stereocenters. The smallest absolute Gasteiger partial charge is 0.248 e. The Labute approximate surface area is 219 Å². The molecule has 2 aromatic rings. The minimum Gasteiger partial charge on any atom is -0.510 e. The van der Waals surface area contributed by atoms with E-state index in [2.05, 4.69) is 11.8 Å². The minimum atomic E-state index is -2.01. The number of aliphatic hydroxyl groups is 3. The van der Waals surface area contributed by atoms with Gasteiger partial charge in [-0.3, -0.25) is 14.5 Å². The van der Waals surface area contributed by atoms with Crippen molar-refractivity contribution in [3.05, 3.63) is 81.3 Å². The van der Waals surface area contributed by atoms with Crippen LogP contribution >= 0.6 is 0 Å². The normalized spacial score (nSPS) is 26.3. The summed E-state index contributed by atoms with van der Waals surface area (Å²) < 4.78 is 0. The van der Waals surface area contributed by atoms with Gasteiger partial charge in [-0.15, -0.1) is 0 Å². The Morgan fingerprint density at radius 3 is 2.50 bits per heavy atom. The quantitative estimate of drug-likeness (QED) is 0.330. The van der Waals surface area contributed by atoms with E-state index in [4.69, 9.17) is 5.73 Å². The molecule has 9 nitrogen and oxygen atoms in total. The zero-order valence-corrected chi connectivity index (χ0v) is 20.9. The summed E-state index contributed by atoms with van der Waals surface area (Å²) in [6.45, 7) is 0. The zero-order chi connectivity index (χ0) is 27.5. The Bertz CT molecular complexity index is 1510. The maximum Gasteiger partial charge on any atom is 0.248 e. The second-order valence-electron chi connectivity index (χ2n) is 10.4. The fraction of sp³-hybridized carbons (Fsp3) is 0.310. The molecule has 1 amide bonds. The van der Waals surface area contributed by atoms with Gasteiger partial charge in [0.2, 0.25) is 5.91 Å². The molecule has 0 aromatic heterocycles. The number of likely N-dealkylation sites (N-methyl/N-ethyl adjacent to an activating group) is 1. The molecule has 0 aliphatic heterocycles. The molecular weight excluding hydrogens is 488 g/mol. The van der Waals surface area contributed by atoms with Gasteiger partial charge < -0.3 is 31.3 Å². The SMILES string of the molecule is CN(C)C1C(O)=C(C(N)=O)CC2(O)C(O)=C3C(=O)c4c(O)ccc(C#Cc5cccc(O)c5)c4CC3CC12. The molecule has 3 aliphatic rings. The number of nitrogens with zero attached hydrogens (tertiary/aromatic N) is 1. The molecule has 38 heavy (non-hydrogen) atoms. The molecule has 0 saturated heterocycles. The topological polar surface area (TPSA) is 165 Å². The number of rotatable bonds is 2. The first kappa shape index (κ1) is 25.4. The van der Waals surface area contributed by atoms with E-state index in [9.17, 15) is 35.1 Å². The number of hydrogen-bond donors (Lipinski definition) is 6. The van der Waals surface area contributed by atoms with Crippen LogP contribution in [0.25, 0.3) is 0 Å². The van der Waals surface area contributed by atoms with Gasteiger partial charge in [0.05, 0.1) is 17.2 Å². The molecule has 196 valence electrons. The number of allylic oxidation sites excluding steroid dienone is 1. The summed E-state index contributed by atoms with van der Waals surface area (Å²) in [5.41, 5.74) is 4.84. The number of aromatic hydroxyl groups is 2. The zero-order valence-electron chi connectivity index (χ0n) is 20.9. The number of aliphatic hydroxyl groups excluding tert-OH is 2. The lowest BCUT2D eigenvalue weighted by molar-refractivity contribution is -0.118. The second kappa shape index (κ2) is 8.94. The first-order valence-corrected chi connectivity index (χ1v) is 12.2. The van der Waals surface area contributed by atoms with Crippen molar-refractivity contribution in [2.75, 3.05) is 14.1 Å². The van der Waals surface area contributed by atoms with Crippen molar-refractivity contribution in [3.8, 4) is 23.3 Å². The van der Waals surface area contributed by atoms with Crippen molar-refractivity contribution in [3.63, 3.8) is 0 Å². The highest BCUT2D eigenvalue weighted by Crippen LogP contribution is 2.53. The van der Waals surface area contributed by atoms with E-state index in [0.29, 0.717) is 16.7 Å². The van der Waals surface area contributed by atoms with Gasteiger partial charge in [0.15, 0.2) is 5.78 Å². The van der Waals surface area contributed by atoms with Gasteiger partial charge in [0.1, 0.15) is 28.6 Å². The van der Waals surface area contributed by atoms with Gasteiger partial charge in [-0.25, -0.2) is 0 Å². The molecule has 0 heterocycles. The number of benzene rings is 2. The third-order valence-electron chi connectivity index (χ3n) is 7.90. The molecule has 0 fully saturated rings. The van der Waals surface area contributed by atoms with E-state index in [1.807, 2.05) is 0 Å². The summed E-state index contributed by atoms with van der Waals surface area (Å²) in [5.74, 6) is 2.14. The van der Waals surface area contributed by atoms with E-state index >= 15 is 0 Å². The number of phenols is 2. The predicted molar refractivity (Wildman–Crippen MR) is 137 cm³/mol. The van der Waals surface area contributed by atoms with Crippen molar-refractivity contribution in [1.29, 1.82) is 0 Å². The van der Waals surface area contributed by atoms with E-state index in [-0.39, 0.29) is 46.8 Å². The third kappa shape index (κ3) is 3.81. The molecule has 7 N–H and O–H groups in total. The first-order chi connectivity index (χ1) is 17.9. The van der Waals surface area contributed by atoms with Crippen LogP contribution in [0.15, 0.2) is 59.1 Å². The molecular formula is C29H28N2O7. The Kier molecular flexibility index (Phi) is 5.97. The van der Waals surface area contributed by atoms with Crippen molar-refractivity contribution < 1.29 is 35.1 Å². The standard InChI is InChI=1S/C29H28N2O7/c1-31(2)24-20-12-16-11-18-15(7-6-14-4-3-5-17(32)10-14)8-9-21(33)23(18)26(35)22(16)27(36)29(20,38)13-19(25(24)34)28(30)37/h3-5,8-10,16,20,24,32-34,36,38H,11-13H2,1-2H3,(H2,30,37). The van der Waals surface area contributed by atoms with Crippen LogP contribution in [0.2, 0.25) is 0 Å². The van der Waals surface area contributed by atoms with Gasteiger partial charge in [-0.2, -0.15) is 0 Å². The van der Waals surface area contributed by atoms with E-state index in [1.54, 1.807) is 37.2 Å². The number of carbonyl (C=O) groups excluding carboxylic acids is 2. The van der Waals surface area contributed by atoms with Crippen LogP contribution in [0.5, 0.6) is 11.5 Å². The number of carbonyl (C=O) groups is 2. The lowest BCUT2D eigenvalue weighted by Gasteiger charge is -2.51. The summed E-state index contributed by atoms with van der Waals surface area (Å²) in [7, 11) is 3.35. The van der Waals surface area contributed by atoms with Crippen LogP contribution < -0.4 is 5.73 Å². The number of fused-ring (bicyclic) bond motifs is 3. The molecule has 4 unspecified atom stereocenters. The number of nitrogens with two attached hydrogens (primary N) is 1. The van der Waals surface area contributed by atoms with Crippen molar-refractivity contribution in [2.45, 2.75) is 30.9 Å². The minimum absolute atomic E-state index is 0.000965. The van der Waals surface area contributed by atoms with Crippen LogP contribution in [-0.2, 0) is 11.2 Å². The Balaban J connectivity index is 1.64. The van der Waals surface area contributed by atoms with Gasteiger partial charge in [-0.1, -0.05) is 17.9 Å². The van der Waals surface area contributed by atoms with Crippen molar-refractivity contribution >= 4 is 11.7 Å². The number of amides is 1. The number of primary amides is 1. The summed E-state index contributed by atoms with van der Waals surface area (Å²) in [4.78, 5) is 27.5. The van der Waals surface area contributed by atoms with E-state index < -0.39 is 47.3 Å². The fourth-order valence-electron chi connectivity index (χ4n) is 6.17. The molecule has 2 aromatic carbocycles. The lowest BCUT2D eigenvalue weighted by Crippen LogP contribution is -2.59. The molecule has 0 radical (unpaired) electrons. The van der Waals surface area contributed by atoms with Crippen LogP contribution in [-0.4, -0.2) is 67.9 Å². The number of hydrogen-bond acceptors (Lipinski definition) is 8. The van der Waals surface area contributed by atoms with E-state index in [1.165, 1.54) is 18.2 Å². The highest BCUT2D eigenvalue weighted by molar-refractivity contribution is 6.13. The molecule has 0 saturated carbocycles. The van der Waals surface area contributed by atoms with Crippen LogP contribution in [0, 0.1) is 23.7 Å². The summed E-state index contributed by atoms with van der Waals surface area (Å²) in [5, 5.41) is 54.4. The first-order valence-electron chi connectivity index (χ1n) is 12.2. The highest BCUT2D eigenvalue weighted by atomic mass is 16.3. The highest BCUT2D eigenvalue weighted by Gasteiger charge is 2.58. The monoisotopic (exact) mass is 516 g/mol. The van der Waals surface area contributed by atoms with Gasteiger partial charge in [-0.05, 0) is 68.8 Å². The van der Waals surface area contributed by atoms with E-state index in [0.717, 1.165) is 0 Å². The number of phenolic OH excluding ortho intramolecular Hbond substituents is 2. The average Bonchev–Trinajstić information content (AvgIpc) is 2.84. The van der Waals surface area contributed by atoms with Gasteiger partial charge in [0.25, 0.3) is 0 Å².